The average Bonchev–Trinajstić information content (AvgIpc) is 2.88. The molecule has 1 saturated heterocycles. The van der Waals surface area contributed by atoms with Gasteiger partial charge < -0.3 is 9.64 Å². The molecule has 0 saturated carbocycles. The summed E-state index contributed by atoms with van der Waals surface area (Å²) in [7, 11) is 1.66. The molecule has 3 rings (SSSR count). The first kappa shape index (κ1) is 17.1. The van der Waals surface area contributed by atoms with E-state index in [1.165, 1.54) is 30.2 Å². The van der Waals surface area contributed by atoms with E-state index in [0.717, 1.165) is 47.6 Å². The number of carbonyl (C=O) groups excluding carboxylic acids is 1. The van der Waals surface area contributed by atoms with Crippen LogP contribution < -0.4 is 4.74 Å². The van der Waals surface area contributed by atoms with E-state index in [2.05, 4.69) is 13.0 Å². The third-order valence-corrected chi connectivity index (χ3v) is 5.40. The van der Waals surface area contributed by atoms with Gasteiger partial charge in [-0.1, -0.05) is 24.6 Å². The largest absolute Gasteiger partial charge is 0.497 e. The Labute approximate surface area is 147 Å². The van der Waals surface area contributed by atoms with E-state index in [0.29, 0.717) is 5.75 Å². The van der Waals surface area contributed by atoms with Gasteiger partial charge in [-0.05, 0) is 43.5 Å². The van der Waals surface area contributed by atoms with Gasteiger partial charge in [-0.2, -0.15) is 0 Å². The van der Waals surface area contributed by atoms with Gasteiger partial charge >= 0.3 is 0 Å². The number of methoxy groups -OCH3 is 1. The molecule has 0 radical (unpaired) electrons. The molecule has 2 aromatic rings. The summed E-state index contributed by atoms with van der Waals surface area (Å²) in [5.74, 6) is 1.49. The number of benzene rings is 1. The van der Waals surface area contributed by atoms with Crippen LogP contribution in [0.15, 0.2) is 29.3 Å². The van der Waals surface area contributed by atoms with Crippen molar-refractivity contribution in [2.75, 3.05) is 26.0 Å². The van der Waals surface area contributed by atoms with Crippen LogP contribution in [0.5, 0.6) is 5.75 Å². The van der Waals surface area contributed by atoms with Crippen LogP contribution in [0.3, 0.4) is 0 Å². The number of hydrogen-bond donors (Lipinski definition) is 0. The number of carbonyl (C=O) groups is 1. The Bertz CT molecular complexity index is 725. The standard InChI is InChI=1S/C19H24N2O2S/c1-14-11-18(20-17-12-15(23-2)7-8-16(14)17)24-13-19(22)21-9-5-3-4-6-10-21/h7-8,11-12H,3-6,9-10,13H2,1-2H3. The van der Waals surface area contributed by atoms with Crippen molar-refractivity contribution in [2.45, 2.75) is 37.6 Å². The SMILES string of the molecule is COc1ccc2c(C)cc(SCC(=O)N3CCCCCC3)nc2c1. The molecule has 1 aliphatic heterocycles. The number of nitrogens with zero attached hydrogens (tertiary/aromatic N) is 2. The number of thioether (sulfide) groups is 1. The van der Waals surface area contributed by atoms with Gasteiger partial charge in [0.05, 0.1) is 23.4 Å². The summed E-state index contributed by atoms with van der Waals surface area (Å²) in [6.07, 6.45) is 4.74. The molecule has 0 aliphatic carbocycles. The molecular formula is C19H24N2O2S. The molecule has 0 atom stereocenters. The fourth-order valence-corrected chi connectivity index (χ4v) is 3.98. The van der Waals surface area contributed by atoms with Crippen LogP contribution in [0.2, 0.25) is 0 Å². The van der Waals surface area contributed by atoms with Gasteiger partial charge in [-0.25, -0.2) is 4.98 Å². The van der Waals surface area contributed by atoms with Gasteiger partial charge in [0.25, 0.3) is 0 Å². The first-order chi connectivity index (χ1) is 11.7. The smallest absolute Gasteiger partial charge is 0.232 e. The highest BCUT2D eigenvalue weighted by Crippen LogP contribution is 2.27. The minimum atomic E-state index is 0.229. The lowest BCUT2D eigenvalue weighted by atomic mass is 10.1. The summed E-state index contributed by atoms with van der Waals surface area (Å²) < 4.78 is 5.28. The molecule has 1 amide bonds. The van der Waals surface area contributed by atoms with E-state index < -0.39 is 0 Å². The van der Waals surface area contributed by atoms with E-state index in [1.807, 2.05) is 23.1 Å². The maximum Gasteiger partial charge on any atom is 0.232 e. The van der Waals surface area contributed by atoms with Crippen LogP contribution in [-0.4, -0.2) is 41.7 Å². The van der Waals surface area contributed by atoms with Crippen LogP contribution in [0.25, 0.3) is 10.9 Å². The number of fused-ring (bicyclic) bond motifs is 1. The number of ether oxygens (including phenoxy) is 1. The number of likely N-dealkylation sites (tertiary alicyclic amines) is 1. The Balaban J connectivity index is 1.71. The van der Waals surface area contributed by atoms with Crippen molar-refractivity contribution in [2.24, 2.45) is 0 Å². The van der Waals surface area contributed by atoms with Crippen LogP contribution in [0.1, 0.15) is 31.2 Å². The molecule has 4 nitrogen and oxygen atoms in total. The van der Waals surface area contributed by atoms with E-state index in [1.54, 1.807) is 7.11 Å². The number of amides is 1. The van der Waals surface area contributed by atoms with Crippen LogP contribution in [0.4, 0.5) is 0 Å². The lowest BCUT2D eigenvalue weighted by Gasteiger charge is -2.19. The van der Waals surface area contributed by atoms with Crippen molar-refractivity contribution < 1.29 is 9.53 Å². The molecule has 1 aromatic heterocycles. The van der Waals surface area contributed by atoms with Gasteiger partial charge in [-0.3, -0.25) is 4.79 Å². The molecule has 128 valence electrons. The van der Waals surface area contributed by atoms with E-state index >= 15 is 0 Å². The Morgan fingerprint density at radius 1 is 1.21 bits per heavy atom. The molecule has 1 aliphatic rings. The van der Waals surface area contributed by atoms with Gasteiger partial charge in [0.1, 0.15) is 5.75 Å². The third-order valence-electron chi connectivity index (χ3n) is 4.50. The summed E-state index contributed by atoms with van der Waals surface area (Å²) in [6, 6.07) is 8.00. The number of hydrogen-bond acceptors (Lipinski definition) is 4. The fourth-order valence-electron chi connectivity index (χ4n) is 3.10. The van der Waals surface area contributed by atoms with Gasteiger partial charge in [0.15, 0.2) is 0 Å². The number of pyridine rings is 1. The number of aromatic nitrogens is 1. The van der Waals surface area contributed by atoms with Crippen molar-refractivity contribution in [1.82, 2.24) is 9.88 Å². The van der Waals surface area contributed by atoms with Gasteiger partial charge in [-0.15, -0.1) is 0 Å². The predicted molar refractivity (Wildman–Crippen MR) is 98.8 cm³/mol. The topological polar surface area (TPSA) is 42.4 Å². The van der Waals surface area contributed by atoms with Gasteiger partial charge in [0, 0.05) is 24.5 Å². The average molecular weight is 344 g/mol. The fraction of sp³-hybridized carbons (Fsp3) is 0.474. The maximum absolute atomic E-state index is 12.4. The molecular weight excluding hydrogens is 320 g/mol. The highest BCUT2D eigenvalue weighted by atomic mass is 32.2. The zero-order valence-corrected chi connectivity index (χ0v) is 15.2. The zero-order valence-electron chi connectivity index (χ0n) is 14.4. The second-order valence-corrected chi connectivity index (χ2v) is 7.24. The quantitative estimate of drug-likeness (QED) is 0.785. The van der Waals surface area contributed by atoms with Crippen molar-refractivity contribution in [1.29, 1.82) is 0 Å². The van der Waals surface area contributed by atoms with Crippen LogP contribution in [0, 0.1) is 6.92 Å². The summed E-state index contributed by atoms with van der Waals surface area (Å²) >= 11 is 1.53. The second kappa shape index (κ2) is 7.88. The van der Waals surface area contributed by atoms with Gasteiger partial charge in [0.2, 0.25) is 5.91 Å². The highest BCUT2D eigenvalue weighted by Gasteiger charge is 2.16. The highest BCUT2D eigenvalue weighted by molar-refractivity contribution is 7.99. The molecule has 1 aromatic carbocycles. The lowest BCUT2D eigenvalue weighted by Crippen LogP contribution is -2.33. The molecule has 0 unspecified atom stereocenters. The minimum absolute atomic E-state index is 0.229. The van der Waals surface area contributed by atoms with Crippen LogP contribution in [-0.2, 0) is 4.79 Å². The maximum atomic E-state index is 12.4. The normalized spacial score (nSPS) is 15.3. The summed E-state index contributed by atoms with van der Waals surface area (Å²) in [5, 5.41) is 2.02. The predicted octanol–water partition coefficient (Wildman–Crippen LogP) is 4.05. The molecule has 5 heteroatoms. The van der Waals surface area contributed by atoms with Crippen LogP contribution >= 0.6 is 11.8 Å². The van der Waals surface area contributed by atoms with Crippen molar-refractivity contribution in [3.63, 3.8) is 0 Å². The Kier molecular flexibility index (Phi) is 5.61. The first-order valence-corrected chi connectivity index (χ1v) is 9.52. The molecule has 0 N–H and O–H groups in total. The summed E-state index contributed by atoms with van der Waals surface area (Å²) in [4.78, 5) is 19.1. The summed E-state index contributed by atoms with van der Waals surface area (Å²) in [5.41, 5.74) is 2.09. The summed E-state index contributed by atoms with van der Waals surface area (Å²) in [6.45, 7) is 3.89. The monoisotopic (exact) mass is 344 g/mol. The van der Waals surface area contributed by atoms with E-state index in [9.17, 15) is 4.79 Å². The lowest BCUT2D eigenvalue weighted by molar-refractivity contribution is -0.128. The van der Waals surface area contributed by atoms with Crippen molar-refractivity contribution in [3.05, 3.63) is 29.8 Å². The van der Waals surface area contributed by atoms with Crippen molar-refractivity contribution in [3.8, 4) is 5.75 Å². The zero-order chi connectivity index (χ0) is 16.9. The Morgan fingerprint density at radius 2 is 1.96 bits per heavy atom. The molecule has 1 fully saturated rings. The second-order valence-electron chi connectivity index (χ2n) is 6.24. The number of rotatable bonds is 4. The third kappa shape index (κ3) is 4.01. The number of aryl methyl sites for hydroxylation is 1. The van der Waals surface area contributed by atoms with E-state index in [4.69, 9.17) is 9.72 Å². The molecule has 2 heterocycles. The van der Waals surface area contributed by atoms with Crippen molar-refractivity contribution >= 4 is 28.6 Å². The molecule has 0 spiro atoms. The minimum Gasteiger partial charge on any atom is -0.497 e. The first-order valence-electron chi connectivity index (χ1n) is 8.53. The Morgan fingerprint density at radius 3 is 2.67 bits per heavy atom. The van der Waals surface area contributed by atoms with E-state index in [-0.39, 0.29) is 5.91 Å². The Hall–Kier alpha value is -1.75. The molecule has 24 heavy (non-hydrogen) atoms. The molecule has 0 bridgehead atoms.